The minimum atomic E-state index is -0.590. The Morgan fingerprint density at radius 1 is 0.966 bits per heavy atom. The number of amides is 2. The first-order chi connectivity index (χ1) is 13.8. The zero-order chi connectivity index (χ0) is 21.0. The van der Waals surface area contributed by atoms with Gasteiger partial charge in [0.05, 0.1) is 4.47 Å². The number of nitrogens with zero attached hydrogens (tertiary/aromatic N) is 2. The summed E-state index contributed by atoms with van der Waals surface area (Å²) in [4.78, 5) is 29.4. The largest absolute Gasteiger partial charge is 0.480 e. The van der Waals surface area contributed by atoms with Gasteiger partial charge in [0.1, 0.15) is 5.75 Å². The molecule has 0 aliphatic carbocycles. The fourth-order valence-corrected chi connectivity index (χ4v) is 4.09. The van der Waals surface area contributed by atoms with Crippen LogP contribution in [0.5, 0.6) is 5.75 Å². The molecule has 0 bridgehead atoms. The van der Waals surface area contributed by atoms with E-state index in [4.69, 9.17) is 4.74 Å². The van der Waals surface area contributed by atoms with Gasteiger partial charge in [0.15, 0.2) is 6.10 Å². The van der Waals surface area contributed by atoms with Crippen molar-refractivity contribution in [3.05, 3.63) is 63.6 Å². The number of hydrogen-bond donors (Lipinski definition) is 0. The van der Waals surface area contributed by atoms with E-state index >= 15 is 0 Å². The molecule has 1 atom stereocenters. The molecular formula is C23H27BrN2O3. The topological polar surface area (TPSA) is 49.9 Å². The van der Waals surface area contributed by atoms with Gasteiger partial charge in [-0.25, -0.2) is 0 Å². The molecule has 2 aromatic rings. The van der Waals surface area contributed by atoms with Crippen molar-refractivity contribution in [3.8, 4) is 5.75 Å². The minimum absolute atomic E-state index is 0.0240. The van der Waals surface area contributed by atoms with Crippen LogP contribution in [0, 0.1) is 13.8 Å². The number of benzene rings is 2. The highest BCUT2D eigenvalue weighted by Gasteiger charge is 2.27. The van der Waals surface area contributed by atoms with Crippen LogP contribution < -0.4 is 4.74 Å². The molecule has 2 aromatic carbocycles. The van der Waals surface area contributed by atoms with Gasteiger partial charge in [0, 0.05) is 31.7 Å². The molecule has 1 unspecified atom stereocenters. The van der Waals surface area contributed by atoms with Gasteiger partial charge in [-0.3, -0.25) is 9.59 Å². The van der Waals surface area contributed by atoms with Gasteiger partial charge in [0.2, 0.25) is 0 Å². The highest BCUT2D eigenvalue weighted by atomic mass is 79.9. The molecule has 0 radical (unpaired) electrons. The van der Waals surface area contributed by atoms with Gasteiger partial charge in [0.25, 0.3) is 11.8 Å². The Labute approximate surface area is 180 Å². The van der Waals surface area contributed by atoms with E-state index in [1.807, 2.05) is 61.2 Å². The highest BCUT2D eigenvalue weighted by molar-refractivity contribution is 9.10. The third kappa shape index (κ3) is 5.38. The van der Waals surface area contributed by atoms with E-state index in [0.717, 1.165) is 22.0 Å². The average Bonchev–Trinajstić information content (AvgIpc) is 2.95. The molecule has 1 fully saturated rings. The summed E-state index contributed by atoms with van der Waals surface area (Å²) < 4.78 is 6.73. The third-order valence-electron chi connectivity index (χ3n) is 5.10. The summed E-state index contributed by atoms with van der Waals surface area (Å²) in [6.45, 7) is 8.07. The molecule has 0 N–H and O–H groups in total. The molecule has 0 aromatic heterocycles. The maximum absolute atomic E-state index is 12.9. The standard InChI is InChI=1S/C23H27BrN2O3/c1-16-6-4-7-19(14-16)23(28)26-11-5-10-25(12-13-26)22(27)18(3)29-21-9-8-17(2)15-20(21)24/h4,6-9,14-15,18H,5,10-13H2,1-3H3. The fourth-order valence-electron chi connectivity index (χ4n) is 3.50. The third-order valence-corrected chi connectivity index (χ3v) is 5.72. The molecule has 2 amide bonds. The fraction of sp³-hybridized carbons (Fsp3) is 0.391. The molecule has 29 heavy (non-hydrogen) atoms. The van der Waals surface area contributed by atoms with Crippen molar-refractivity contribution in [3.63, 3.8) is 0 Å². The van der Waals surface area contributed by atoms with Gasteiger partial charge in [-0.15, -0.1) is 0 Å². The van der Waals surface area contributed by atoms with Crippen molar-refractivity contribution in [2.45, 2.75) is 33.3 Å². The van der Waals surface area contributed by atoms with Gasteiger partial charge >= 0.3 is 0 Å². The van der Waals surface area contributed by atoms with E-state index in [9.17, 15) is 9.59 Å². The molecule has 0 saturated carbocycles. The Balaban J connectivity index is 1.60. The van der Waals surface area contributed by atoms with E-state index in [1.54, 1.807) is 11.8 Å². The lowest BCUT2D eigenvalue weighted by molar-refractivity contribution is -0.137. The lowest BCUT2D eigenvalue weighted by atomic mass is 10.1. The van der Waals surface area contributed by atoms with E-state index in [1.165, 1.54) is 0 Å². The van der Waals surface area contributed by atoms with Crippen LogP contribution in [0.2, 0.25) is 0 Å². The van der Waals surface area contributed by atoms with Crippen LogP contribution in [0.15, 0.2) is 46.9 Å². The predicted molar refractivity (Wildman–Crippen MR) is 117 cm³/mol. The summed E-state index contributed by atoms with van der Waals surface area (Å²) in [5.41, 5.74) is 2.88. The van der Waals surface area contributed by atoms with E-state index < -0.39 is 6.10 Å². The molecule has 6 heteroatoms. The monoisotopic (exact) mass is 458 g/mol. The zero-order valence-corrected chi connectivity index (χ0v) is 18.7. The van der Waals surface area contributed by atoms with Crippen molar-refractivity contribution in [2.75, 3.05) is 26.2 Å². The number of ether oxygens (including phenoxy) is 1. The number of carbonyl (C=O) groups is 2. The van der Waals surface area contributed by atoms with Crippen LogP contribution in [-0.4, -0.2) is 53.9 Å². The second-order valence-corrected chi connectivity index (χ2v) is 8.39. The molecule has 1 saturated heterocycles. The average molecular weight is 459 g/mol. The van der Waals surface area contributed by atoms with Crippen molar-refractivity contribution in [1.82, 2.24) is 9.80 Å². The lowest BCUT2D eigenvalue weighted by Crippen LogP contribution is -2.43. The zero-order valence-electron chi connectivity index (χ0n) is 17.2. The molecule has 154 valence electrons. The van der Waals surface area contributed by atoms with Crippen LogP contribution in [0.3, 0.4) is 0 Å². The molecule has 5 nitrogen and oxygen atoms in total. The van der Waals surface area contributed by atoms with Gasteiger partial charge in [-0.2, -0.15) is 0 Å². The van der Waals surface area contributed by atoms with Crippen LogP contribution in [0.25, 0.3) is 0 Å². The Bertz CT molecular complexity index is 899. The van der Waals surface area contributed by atoms with E-state index in [2.05, 4.69) is 15.9 Å². The summed E-state index contributed by atoms with van der Waals surface area (Å²) in [5, 5.41) is 0. The second kappa shape index (κ2) is 9.44. The minimum Gasteiger partial charge on any atom is -0.480 e. The molecule has 0 spiro atoms. The summed E-state index contributed by atoms with van der Waals surface area (Å²) in [5.74, 6) is 0.626. The van der Waals surface area contributed by atoms with Crippen molar-refractivity contribution >= 4 is 27.7 Å². The first-order valence-corrected chi connectivity index (χ1v) is 10.7. The second-order valence-electron chi connectivity index (χ2n) is 7.53. The number of halogens is 1. The normalized spacial score (nSPS) is 15.6. The van der Waals surface area contributed by atoms with Crippen molar-refractivity contribution in [1.29, 1.82) is 0 Å². The van der Waals surface area contributed by atoms with Crippen molar-refractivity contribution < 1.29 is 14.3 Å². The van der Waals surface area contributed by atoms with Crippen LogP contribution in [0.4, 0.5) is 0 Å². The Kier molecular flexibility index (Phi) is 6.96. The summed E-state index contributed by atoms with van der Waals surface area (Å²) in [6.07, 6.45) is 0.164. The Hall–Kier alpha value is -2.34. The summed E-state index contributed by atoms with van der Waals surface area (Å²) >= 11 is 3.49. The predicted octanol–water partition coefficient (Wildman–Crippen LogP) is 4.21. The number of rotatable bonds is 4. The molecule has 1 aliphatic heterocycles. The summed E-state index contributed by atoms with van der Waals surface area (Å²) in [6, 6.07) is 13.4. The number of carbonyl (C=O) groups excluding carboxylic acids is 2. The van der Waals surface area contributed by atoms with Crippen LogP contribution >= 0.6 is 15.9 Å². The highest BCUT2D eigenvalue weighted by Crippen LogP contribution is 2.27. The number of hydrogen-bond acceptors (Lipinski definition) is 3. The number of aryl methyl sites for hydroxylation is 2. The molecule has 1 aliphatic rings. The maximum Gasteiger partial charge on any atom is 0.263 e. The van der Waals surface area contributed by atoms with Gasteiger partial charge in [-0.05, 0) is 73.0 Å². The first kappa shape index (κ1) is 21.4. The van der Waals surface area contributed by atoms with E-state index in [-0.39, 0.29) is 11.8 Å². The first-order valence-electron chi connectivity index (χ1n) is 9.92. The lowest BCUT2D eigenvalue weighted by Gasteiger charge is -2.25. The quantitative estimate of drug-likeness (QED) is 0.689. The Morgan fingerprint density at radius 3 is 2.38 bits per heavy atom. The Morgan fingerprint density at radius 2 is 1.66 bits per heavy atom. The SMILES string of the molecule is Cc1cccc(C(=O)N2CCCN(C(=O)C(C)Oc3ccc(C)cc3Br)CC2)c1. The van der Waals surface area contributed by atoms with Gasteiger partial charge < -0.3 is 14.5 Å². The van der Waals surface area contributed by atoms with E-state index in [0.29, 0.717) is 37.5 Å². The molecule has 3 rings (SSSR count). The van der Waals surface area contributed by atoms with Crippen LogP contribution in [-0.2, 0) is 4.79 Å². The van der Waals surface area contributed by atoms with Gasteiger partial charge in [-0.1, -0.05) is 23.8 Å². The maximum atomic E-state index is 12.9. The summed E-state index contributed by atoms with van der Waals surface area (Å²) in [7, 11) is 0. The molecule has 1 heterocycles. The van der Waals surface area contributed by atoms with Crippen LogP contribution in [0.1, 0.15) is 34.8 Å². The molecular weight excluding hydrogens is 432 g/mol. The smallest absolute Gasteiger partial charge is 0.263 e. The van der Waals surface area contributed by atoms with Crippen molar-refractivity contribution in [2.24, 2.45) is 0 Å².